The van der Waals surface area contributed by atoms with Gasteiger partial charge in [-0.3, -0.25) is 10.1 Å². The molecule has 1 aromatic carbocycles. The quantitative estimate of drug-likeness (QED) is 0.827. The Balaban J connectivity index is 1.79. The molecule has 1 amide bonds. The highest BCUT2D eigenvalue weighted by atomic mass is 32.2. The molecule has 6 atom stereocenters. The lowest BCUT2D eigenvalue weighted by Gasteiger charge is -2.31. The summed E-state index contributed by atoms with van der Waals surface area (Å²) in [6.45, 7) is 1.75. The van der Waals surface area contributed by atoms with Gasteiger partial charge in [-0.25, -0.2) is 8.78 Å². The lowest BCUT2D eigenvalue weighted by atomic mass is 9.81. The first-order valence-corrected chi connectivity index (χ1v) is 9.16. The van der Waals surface area contributed by atoms with Crippen molar-refractivity contribution in [2.24, 2.45) is 11.8 Å². The first-order chi connectivity index (χ1) is 11.1. The fourth-order valence-corrected chi connectivity index (χ4v) is 6.35. The van der Waals surface area contributed by atoms with Gasteiger partial charge >= 0.3 is 0 Å². The SMILES string of the molecule is C[C@@H]1NC(c2c(F)cccc2F)C2C(NC1=O)SC1CCCC12. The highest BCUT2D eigenvalue weighted by Gasteiger charge is 2.52. The van der Waals surface area contributed by atoms with Crippen LogP contribution in [0.2, 0.25) is 0 Å². The van der Waals surface area contributed by atoms with Gasteiger partial charge in [0, 0.05) is 22.8 Å². The van der Waals surface area contributed by atoms with Crippen LogP contribution in [-0.2, 0) is 4.79 Å². The second kappa shape index (κ2) is 5.74. The van der Waals surface area contributed by atoms with Crippen LogP contribution >= 0.6 is 11.8 Å². The number of nitrogens with one attached hydrogen (secondary N) is 2. The van der Waals surface area contributed by atoms with Crippen LogP contribution in [-0.4, -0.2) is 22.6 Å². The maximum atomic E-state index is 14.4. The molecule has 0 radical (unpaired) electrons. The molecule has 1 saturated carbocycles. The minimum Gasteiger partial charge on any atom is -0.343 e. The number of fused-ring (bicyclic) bond motifs is 3. The Morgan fingerprint density at radius 3 is 2.70 bits per heavy atom. The fraction of sp³-hybridized carbons (Fsp3) is 0.588. The van der Waals surface area contributed by atoms with Crippen LogP contribution in [0.15, 0.2) is 18.2 Å². The summed E-state index contributed by atoms with van der Waals surface area (Å²) in [6.07, 6.45) is 3.35. The van der Waals surface area contributed by atoms with Crippen molar-refractivity contribution >= 4 is 17.7 Å². The van der Waals surface area contributed by atoms with Gasteiger partial charge in [0.05, 0.1) is 11.4 Å². The van der Waals surface area contributed by atoms with Crippen molar-refractivity contribution in [3.63, 3.8) is 0 Å². The number of benzene rings is 1. The number of halogens is 2. The van der Waals surface area contributed by atoms with E-state index in [-0.39, 0.29) is 22.8 Å². The van der Waals surface area contributed by atoms with Gasteiger partial charge in [0.25, 0.3) is 0 Å². The van der Waals surface area contributed by atoms with Gasteiger partial charge < -0.3 is 5.32 Å². The smallest absolute Gasteiger partial charge is 0.237 e. The lowest BCUT2D eigenvalue weighted by Crippen LogP contribution is -2.41. The number of carbonyl (C=O) groups excluding carboxylic acids is 1. The topological polar surface area (TPSA) is 41.1 Å². The van der Waals surface area contributed by atoms with Crippen LogP contribution in [0, 0.1) is 23.5 Å². The van der Waals surface area contributed by atoms with Crippen molar-refractivity contribution in [3.8, 4) is 0 Å². The minimum atomic E-state index is -0.533. The summed E-state index contributed by atoms with van der Waals surface area (Å²) < 4.78 is 28.8. The zero-order chi connectivity index (χ0) is 16.1. The number of hydrogen-bond donors (Lipinski definition) is 2. The molecule has 4 rings (SSSR count). The third-order valence-electron chi connectivity index (χ3n) is 5.47. The van der Waals surface area contributed by atoms with Crippen molar-refractivity contribution in [2.45, 2.75) is 48.9 Å². The second-order valence-electron chi connectivity index (χ2n) is 6.78. The van der Waals surface area contributed by atoms with Crippen LogP contribution in [0.1, 0.15) is 37.8 Å². The standard InChI is InChI=1S/C17H20F2N2OS/c1-8-16(22)21-17-13(9-4-2-7-12(9)23-17)15(20-8)14-10(18)5-3-6-11(14)19/h3,5-6,8-9,12-13,15,17,20H,2,4,7H2,1H3,(H,21,22)/t8-,9?,12?,13?,15?,17?/m0/s1. The summed E-state index contributed by atoms with van der Waals surface area (Å²) in [4.78, 5) is 12.2. The highest BCUT2D eigenvalue weighted by Crippen LogP contribution is 2.55. The maximum absolute atomic E-state index is 14.4. The Bertz CT molecular complexity index is 621. The van der Waals surface area contributed by atoms with Crippen LogP contribution in [0.3, 0.4) is 0 Å². The normalized spacial score (nSPS) is 39.5. The van der Waals surface area contributed by atoms with Gasteiger partial charge in [-0.15, -0.1) is 11.8 Å². The Morgan fingerprint density at radius 2 is 1.96 bits per heavy atom. The van der Waals surface area contributed by atoms with Crippen molar-refractivity contribution in [2.75, 3.05) is 0 Å². The molecule has 3 aliphatic rings. The van der Waals surface area contributed by atoms with Crippen molar-refractivity contribution in [3.05, 3.63) is 35.4 Å². The summed E-state index contributed by atoms with van der Waals surface area (Å²) >= 11 is 1.78. The molecule has 0 spiro atoms. The molecule has 2 saturated heterocycles. The Kier molecular flexibility index (Phi) is 3.84. The Morgan fingerprint density at radius 1 is 1.22 bits per heavy atom. The predicted octanol–water partition coefficient (Wildman–Crippen LogP) is 2.97. The molecule has 6 heteroatoms. The van der Waals surface area contributed by atoms with E-state index in [1.807, 2.05) is 0 Å². The summed E-state index contributed by atoms with van der Waals surface area (Å²) in [5.74, 6) is -0.741. The summed E-state index contributed by atoms with van der Waals surface area (Å²) in [5, 5.41) is 6.69. The molecular weight excluding hydrogens is 318 g/mol. The number of amides is 1. The lowest BCUT2D eigenvalue weighted by molar-refractivity contribution is -0.122. The first-order valence-electron chi connectivity index (χ1n) is 8.22. The Hall–Kier alpha value is -1.14. The van der Waals surface area contributed by atoms with E-state index in [1.165, 1.54) is 18.2 Å². The van der Waals surface area contributed by atoms with Gasteiger partial charge in [0.15, 0.2) is 0 Å². The van der Waals surface area contributed by atoms with E-state index in [9.17, 15) is 13.6 Å². The van der Waals surface area contributed by atoms with E-state index in [0.29, 0.717) is 11.2 Å². The third-order valence-corrected chi connectivity index (χ3v) is 7.13. The number of rotatable bonds is 1. The van der Waals surface area contributed by atoms with Crippen LogP contribution in [0.25, 0.3) is 0 Å². The van der Waals surface area contributed by atoms with E-state index < -0.39 is 23.7 Å². The van der Waals surface area contributed by atoms with Crippen LogP contribution in [0.5, 0.6) is 0 Å². The largest absolute Gasteiger partial charge is 0.343 e. The molecule has 1 aromatic rings. The fourth-order valence-electron chi connectivity index (χ4n) is 4.42. The maximum Gasteiger partial charge on any atom is 0.237 e. The van der Waals surface area contributed by atoms with E-state index in [2.05, 4.69) is 10.6 Å². The van der Waals surface area contributed by atoms with Crippen LogP contribution in [0.4, 0.5) is 8.78 Å². The molecule has 1 aliphatic carbocycles. The van der Waals surface area contributed by atoms with Crippen molar-refractivity contribution in [1.82, 2.24) is 10.6 Å². The molecular formula is C17H20F2N2OS. The number of hydrogen-bond acceptors (Lipinski definition) is 3. The van der Waals surface area contributed by atoms with Crippen molar-refractivity contribution in [1.29, 1.82) is 0 Å². The van der Waals surface area contributed by atoms with Gasteiger partial charge in [-0.2, -0.15) is 0 Å². The zero-order valence-corrected chi connectivity index (χ0v) is 13.7. The van der Waals surface area contributed by atoms with Gasteiger partial charge in [-0.1, -0.05) is 12.5 Å². The second-order valence-corrected chi connectivity index (χ2v) is 8.16. The van der Waals surface area contributed by atoms with Crippen LogP contribution < -0.4 is 10.6 Å². The predicted molar refractivity (Wildman–Crippen MR) is 85.8 cm³/mol. The van der Waals surface area contributed by atoms with E-state index in [0.717, 1.165) is 19.3 Å². The summed E-state index contributed by atoms with van der Waals surface area (Å²) in [6, 6.07) is 3.04. The average molecular weight is 338 g/mol. The first kappa shape index (κ1) is 15.4. The highest BCUT2D eigenvalue weighted by molar-refractivity contribution is 8.00. The van der Waals surface area contributed by atoms with Gasteiger partial charge in [-0.05, 0) is 37.8 Å². The third kappa shape index (κ3) is 2.47. The average Bonchev–Trinajstić information content (AvgIpc) is 3.03. The molecule has 3 fully saturated rings. The van der Waals surface area contributed by atoms with E-state index in [1.54, 1.807) is 18.7 Å². The monoisotopic (exact) mass is 338 g/mol. The molecule has 23 heavy (non-hydrogen) atoms. The Labute approximate surface area is 138 Å². The molecule has 0 aromatic heterocycles. The van der Waals surface area contributed by atoms with E-state index >= 15 is 0 Å². The molecule has 124 valence electrons. The summed E-state index contributed by atoms with van der Waals surface area (Å²) in [5.41, 5.74) is 0.0824. The number of thioether (sulfide) groups is 1. The molecule has 5 unspecified atom stereocenters. The molecule has 2 aliphatic heterocycles. The minimum absolute atomic E-state index is 0.0211. The van der Waals surface area contributed by atoms with Gasteiger partial charge in [0.2, 0.25) is 5.91 Å². The van der Waals surface area contributed by atoms with E-state index in [4.69, 9.17) is 0 Å². The molecule has 2 N–H and O–H groups in total. The molecule has 2 heterocycles. The number of carbonyl (C=O) groups is 1. The molecule has 3 nitrogen and oxygen atoms in total. The molecule has 0 bridgehead atoms. The zero-order valence-electron chi connectivity index (χ0n) is 12.9. The van der Waals surface area contributed by atoms with Gasteiger partial charge in [0.1, 0.15) is 11.6 Å². The summed E-state index contributed by atoms with van der Waals surface area (Å²) in [7, 11) is 0. The van der Waals surface area contributed by atoms with Crippen molar-refractivity contribution < 1.29 is 13.6 Å².